The number of hydrogen-bond acceptors (Lipinski definition) is 6. The molecule has 0 saturated carbocycles. The summed E-state index contributed by atoms with van der Waals surface area (Å²) < 4.78 is 1.66. The van der Waals surface area contributed by atoms with Crippen LogP contribution in [0.1, 0.15) is 53.2 Å². The van der Waals surface area contributed by atoms with Crippen molar-refractivity contribution in [2.45, 2.75) is 38.5 Å². The minimum atomic E-state index is -0.945. The Labute approximate surface area is 214 Å². The topological polar surface area (TPSA) is 117 Å². The number of likely N-dealkylation sites (tertiary alicyclic amines) is 1. The molecule has 2 N–H and O–H groups in total. The molecule has 2 aromatic heterocycles. The molecule has 0 aliphatic carbocycles. The summed E-state index contributed by atoms with van der Waals surface area (Å²) >= 11 is 0. The Morgan fingerprint density at radius 3 is 2.65 bits per heavy atom. The molecule has 1 fully saturated rings. The van der Waals surface area contributed by atoms with Gasteiger partial charge in [-0.25, -0.2) is 4.98 Å². The van der Waals surface area contributed by atoms with E-state index in [1.54, 1.807) is 22.8 Å². The van der Waals surface area contributed by atoms with Gasteiger partial charge in [-0.3, -0.25) is 19.4 Å². The molecule has 0 radical (unpaired) electrons. The smallest absolute Gasteiger partial charge is 0.275 e. The summed E-state index contributed by atoms with van der Waals surface area (Å²) in [6.07, 6.45) is 7.81. The first-order valence-corrected chi connectivity index (χ1v) is 12.4. The Hall–Kier alpha value is -4.11. The number of aliphatic hydroxyl groups excluding tert-OH is 1. The lowest BCUT2D eigenvalue weighted by Crippen LogP contribution is -2.51. The van der Waals surface area contributed by atoms with Gasteiger partial charge >= 0.3 is 0 Å². The minimum Gasteiger partial charge on any atom is -0.396 e. The van der Waals surface area contributed by atoms with E-state index in [0.29, 0.717) is 17.8 Å². The number of carbonyl (C=O) groups excluding carboxylic acids is 2. The molecule has 9 nitrogen and oxygen atoms in total. The number of rotatable bonds is 6. The van der Waals surface area contributed by atoms with E-state index in [1.807, 2.05) is 50.2 Å². The van der Waals surface area contributed by atoms with E-state index in [9.17, 15) is 19.5 Å². The second-order valence-electron chi connectivity index (χ2n) is 9.47. The summed E-state index contributed by atoms with van der Waals surface area (Å²) in [6, 6.07) is 11.3. The van der Waals surface area contributed by atoms with Crippen molar-refractivity contribution in [2.24, 2.45) is 11.8 Å². The number of aliphatic hydroxyl groups is 1. The maximum atomic E-state index is 13.8. The molecule has 0 bridgehead atoms. The summed E-state index contributed by atoms with van der Waals surface area (Å²) in [6.45, 7) is 3.71. The number of amides is 2. The van der Waals surface area contributed by atoms with Crippen LogP contribution in [0.4, 0.5) is 0 Å². The number of hydrogen-bond donors (Lipinski definition) is 2. The Morgan fingerprint density at radius 2 is 1.97 bits per heavy atom. The highest BCUT2D eigenvalue weighted by Gasteiger charge is 2.57. The lowest BCUT2D eigenvalue weighted by atomic mass is 9.88. The van der Waals surface area contributed by atoms with Crippen LogP contribution in [0.15, 0.2) is 71.9 Å². The van der Waals surface area contributed by atoms with Crippen molar-refractivity contribution in [3.63, 3.8) is 0 Å². The van der Waals surface area contributed by atoms with E-state index < -0.39 is 23.9 Å². The second kappa shape index (κ2) is 10.1. The first-order chi connectivity index (χ1) is 18.0. The van der Waals surface area contributed by atoms with Crippen LogP contribution in [0.25, 0.3) is 6.08 Å². The quantitative estimate of drug-likeness (QED) is 0.538. The van der Waals surface area contributed by atoms with E-state index in [0.717, 1.165) is 5.56 Å². The summed E-state index contributed by atoms with van der Waals surface area (Å²) in [5.41, 5.74) is 2.05. The van der Waals surface area contributed by atoms with Crippen molar-refractivity contribution in [3.05, 3.63) is 100.0 Å². The fourth-order valence-electron chi connectivity index (χ4n) is 5.70. The highest BCUT2D eigenvalue weighted by molar-refractivity contribution is 5.97. The second-order valence-corrected chi connectivity index (χ2v) is 9.47. The van der Waals surface area contributed by atoms with Crippen LogP contribution in [-0.2, 0) is 11.3 Å². The third-order valence-electron chi connectivity index (χ3n) is 7.40. The van der Waals surface area contributed by atoms with Gasteiger partial charge in [-0.15, -0.1) is 0 Å². The molecule has 4 heterocycles. The highest BCUT2D eigenvalue weighted by Crippen LogP contribution is 2.49. The van der Waals surface area contributed by atoms with Crippen LogP contribution in [-0.4, -0.2) is 49.0 Å². The predicted molar refractivity (Wildman–Crippen MR) is 137 cm³/mol. The van der Waals surface area contributed by atoms with Gasteiger partial charge in [0.25, 0.3) is 11.5 Å². The van der Waals surface area contributed by atoms with Gasteiger partial charge in [0, 0.05) is 48.6 Å². The van der Waals surface area contributed by atoms with Crippen LogP contribution in [0.5, 0.6) is 0 Å². The molecule has 37 heavy (non-hydrogen) atoms. The molecule has 1 saturated heterocycles. The number of pyridine rings is 1. The molecule has 3 aromatic rings. The van der Waals surface area contributed by atoms with Gasteiger partial charge in [-0.1, -0.05) is 42.5 Å². The first kappa shape index (κ1) is 24.6. The van der Waals surface area contributed by atoms with Crippen LogP contribution >= 0.6 is 0 Å². The molecule has 2 amide bonds. The number of aromatic nitrogens is 3. The van der Waals surface area contributed by atoms with Gasteiger partial charge in [-0.05, 0) is 31.5 Å². The molecule has 5 rings (SSSR count). The zero-order valence-electron chi connectivity index (χ0n) is 20.7. The maximum Gasteiger partial charge on any atom is 0.275 e. The Morgan fingerprint density at radius 1 is 1.19 bits per heavy atom. The zero-order chi connectivity index (χ0) is 26.1. The van der Waals surface area contributed by atoms with Crippen molar-refractivity contribution in [1.82, 2.24) is 24.8 Å². The van der Waals surface area contributed by atoms with E-state index >= 15 is 0 Å². The number of benzene rings is 1. The Bertz CT molecular complexity index is 1390. The number of carbonyl (C=O) groups is 2. The van der Waals surface area contributed by atoms with Crippen molar-refractivity contribution in [3.8, 4) is 0 Å². The van der Waals surface area contributed by atoms with Gasteiger partial charge in [0.1, 0.15) is 11.7 Å². The molecule has 0 spiro atoms. The summed E-state index contributed by atoms with van der Waals surface area (Å²) in [5, 5.41) is 13.5. The maximum absolute atomic E-state index is 13.8. The van der Waals surface area contributed by atoms with Gasteiger partial charge in [0.05, 0.1) is 18.3 Å². The Balaban J connectivity index is 1.57. The van der Waals surface area contributed by atoms with Gasteiger partial charge in [-0.2, -0.15) is 0 Å². The van der Waals surface area contributed by atoms with E-state index in [2.05, 4.69) is 15.3 Å². The predicted octanol–water partition coefficient (Wildman–Crippen LogP) is 2.35. The lowest BCUT2D eigenvalue weighted by molar-refractivity contribution is -0.127. The summed E-state index contributed by atoms with van der Waals surface area (Å²) in [4.78, 5) is 50.5. The van der Waals surface area contributed by atoms with Gasteiger partial charge < -0.3 is 19.9 Å². The van der Waals surface area contributed by atoms with E-state index in [1.165, 1.54) is 23.5 Å². The average Bonchev–Trinajstić information content (AvgIpc) is 3.46. The number of fused-ring (bicyclic) bond motifs is 3. The SMILES string of the molecule is C/C=C/c1ccc2n(c1=O)C[C@H]1[C@H](CO)[C@@H](C(=O)N[C@H](C)c3ccccc3)N(C(=O)c3cnccn3)[C@@H]21. The number of allylic oxidation sites excluding steroid dienone is 1. The molecular formula is C28H29N5O4. The fraction of sp³-hybridized carbons (Fsp3) is 0.321. The normalized spacial score (nSPS) is 23.1. The number of nitrogens with one attached hydrogen (secondary N) is 1. The first-order valence-electron chi connectivity index (χ1n) is 12.4. The van der Waals surface area contributed by atoms with Crippen LogP contribution in [0.2, 0.25) is 0 Å². The van der Waals surface area contributed by atoms with Gasteiger partial charge in [0.2, 0.25) is 5.91 Å². The van der Waals surface area contributed by atoms with E-state index in [4.69, 9.17) is 0 Å². The third kappa shape index (κ3) is 4.25. The number of nitrogens with zero attached hydrogens (tertiary/aromatic N) is 4. The van der Waals surface area contributed by atoms with Crippen LogP contribution in [0.3, 0.4) is 0 Å². The Kier molecular flexibility index (Phi) is 6.71. The molecule has 2 aliphatic heterocycles. The molecule has 1 aromatic carbocycles. The molecule has 2 aliphatic rings. The van der Waals surface area contributed by atoms with E-state index in [-0.39, 0.29) is 35.7 Å². The standard InChI is InChI=1S/C28H29N5O4/c1-3-7-19-10-11-23-24-20(15-32(23)27(19)36)21(16-34)25(33(24)28(37)22-14-29-12-13-30-22)26(35)31-17(2)18-8-5-4-6-9-18/h3-14,17,20-21,24-25,34H,15-16H2,1-2H3,(H,31,35)/b7-3+/t17-,20+,21+,24-,25+/m1/s1. The van der Waals surface area contributed by atoms with Crippen LogP contribution < -0.4 is 10.9 Å². The van der Waals surface area contributed by atoms with Crippen molar-refractivity contribution >= 4 is 17.9 Å². The minimum absolute atomic E-state index is 0.0973. The van der Waals surface area contributed by atoms with Crippen LogP contribution in [0, 0.1) is 11.8 Å². The monoisotopic (exact) mass is 499 g/mol. The molecule has 0 unspecified atom stereocenters. The average molecular weight is 500 g/mol. The lowest BCUT2D eigenvalue weighted by Gasteiger charge is -2.31. The largest absolute Gasteiger partial charge is 0.396 e. The summed E-state index contributed by atoms with van der Waals surface area (Å²) in [5.74, 6) is -1.72. The van der Waals surface area contributed by atoms with Crippen molar-refractivity contribution in [2.75, 3.05) is 6.61 Å². The van der Waals surface area contributed by atoms with Crippen molar-refractivity contribution < 1.29 is 14.7 Å². The van der Waals surface area contributed by atoms with Gasteiger partial charge in [0.15, 0.2) is 0 Å². The molecular weight excluding hydrogens is 470 g/mol. The van der Waals surface area contributed by atoms with Crippen molar-refractivity contribution in [1.29, 1.82) is 0 Å². The molecule has 190 valence electrons. The third-order valence-corrected chi connectivity index (χ3v) is 7.40. The highest BCUT2D eigenvalue weighted by atomic mass is 16.3. The summed E-state index contributed by atoms with van der Waals surface area (Å²) in [7, 11) is 0. The molecule has 9 heteroatoms. The molecule has 5 atom stereocenters. The zero-order valence-corrected chi connectivity index (χ0v) is 20.7. The fourth-order valence-corrected chi connectivity index (χ4v) is 5.70.